The van der Waals surface area contributed by atoms with Gasteiger partial charge in [-0.2, -0.15) is 0 Å². The van der Waals surface area contributed by atoms with Gasteiger partial charge >= 0.3 is 0 Å². The molecular formula is C17H20N2O2S. The summed E-state index contributed by atoms with van der Waals surface area (Å²) >= 11 is 4.47. The third-order valence-corrected chi connectivity index (χ3v) is 3.37. The molecule has 0 unspecified atom stereocenters. The van der Waals surface area contributed by atoms with Crippen LogP contribution in [0, 0.1) is 17.7 Å². The van der Waals surface area contributed by atoms with Crippen molar-refractivity contribution >= 4 is 12.6 Å². The first-order valence-corrected chi connectivity index (χ1v) is 7.50. The summed E-state index contributed by atoms with van der Waals surface area (Å²) in [6.45, 7) is 7.27. The molecule has 22 heavy (non-hydrogen) atoms. The smallest absolute Gasteiger partial charge is 0.133 e. The predicted octanol–water partition coefficient (Wildman–Crippen LogP) is 4.78. The first-order chi connectivity index (χ1) is 10.7. The Morgan fingerprint density at radius 1 is 0.909 bits per heavy atom. The fourth-order valence-corrected chi connectivity index (χ4v) is 2.30. The van der Waals surface area contributed by atoms with Gasteiger partial charge in [-0.15, -0.1) is 12.6 Å². The van der Waals surface area contributed by atoms with Gasteiger partial charge in [-0.25, -0.2) is 0 Å². The van der Waals surface area contributed by atoms with Crippen molar-refractivity contribution in [3.05, 3.63) is 42.0 Å². The van der Waals surface area contributed by atoms with Gasteiger partial charge in [-0.05, 0) is 38.5 Å². The van der Waals surface area contributed by atoms with Crippen LogP contribution in [0.4, 0.5) is 0 Å². The molecule has 0 N–H and O–H groups in total. The van der Waals surface area contributed by atoms with Crippen LogP contribution < -0.4 is 9.47 Å². The minimum Gasteiger partial charge on any atom is -0.493 e. The van der Waals surface area contributed by atoms with E-state index < -0.39 is 0 Å². The maximum absolute atomic E-state index is 6.00. The van der Waals surface area contributed by atoms with E-state index in [1.807, 2.05) is 26.0 Å². The summed E-state index contributed by atoms with van der Waals surface area (Å²) in [6.07, 6.45) is 0. The Bertz CT molecular complexity index is 625. The van der Waals surface area contributed by atoms with E-state index in [2.05, 4.69) is 43.8 Å². The van der Waals surface area contributed by atoms with Gasteiger partial charge in [0.05, 0.1) is 13.2 Å². The average Bonchev–Trinajstić information content (AvgIpc) is 2.53. The minimum absolute atomic E-state index is 0.620. The number of hydrogen-bond acceptors (Lipinski definition) is 5. The molecule has 4 nitrogen and oxygen atoms in total. The van der Waals surface area contributed by atoms with Crippen LogP contribution in [0.1, 0.15) is 19.4 Å². The molecule has 0 saturated heterocycles. The molecule has 0 atom stereocenters. The van der Waals surface area contributed by atoms with Crippen LogP contribution in [0.5, 0.6) is 11.5 Å². The minimum atomic E-state index is 0.620. The first-order valence-electron chi connectivity index (χ1n) is 7.05. The molecule has 0 radical (unpaired) electrons. The summed E-state index contributed by atoms with van der Waals surface area (Å²) in [6, 6.07) is 12.3. The molecule has 116 valence electrons. The lowest BCUT2D eigenvalue weighted by Gasteiger charge is -2.15. The summed E-state index contributed by atoms with van der Waals surface area (Å²) < 4.78 is 11.4. The Morgan fingerprint density at radius 3 is 2.00 bits per heavy atom. The molecule has 0 spiro atoms. The van der Waals surface area contributed by atoms with E-state index in [0.717, 1.165) is 27.5 Å². The summed E-state index contributed by atoms with van der Waals surface area (Å²) in [5, 5.41) is 12.0. The van der Waals surface area contributed by atoms with E-state index in [9.17, 15) is 0 Å². The lowest BCUT2D eigenvalue weighted by atomic mass is 10.0. The van der Waals surface area contributed by atoms with Crippen molar-refractivity contribution in [2.75, 3.05) is 13.2 Å². The van der Waals surface area contributed by atoms with Crippen LogP contribution in [0.25, 0.3) is 11.1 Å². The third kappa shape index (κ3) is 4.40. The topological polar surface area (TPSA) is 66.0 Å². The van der Waals surface area contributed by atoms with Gasteiger partial charge in [-0.3, -0.25) is 0 Å². The molecule has 0 bridgehead atoms. The van der Waals surface area contributed by atoms with Crippen molar-refractivity contribution in [3.63, 3.8) is 0 Å². The molecule has 0 aromatic heterocycles. The Balaban J connectivity index is 0.00000116. The molecule has 2 rings (SSSR count). The zero-order valence-corrected chi connectivity index (χ0v) is 13.9. The Morgan fingerprint density at radius 2 is 1.45 bits per heavy atom. The molecular weight excluding hydrogens is 296 g/mol. The van der Waals surface area contributed by atoms with Gasteiger partial charge in [0, 0.05) is 21.2 Å². The van der Waals surface area contributed by atoms with Gasteiger partial charge in [0.25, 0.3) is 0 Å². The van der Waals surface area contributed by atoms with E-state index in [1.54, 1.807) is 0 Å². The summed E-state index contributed by atoms with van der Waals surface area (Å²) in [4.78, 5) is 0.797. The van der Waals surface area contributed by atoms with Crippen molar-refractivity contribution in [1.29, 1.82) is 10.8 Å². The Hall–Kier alpha value is -2.19. The van der Waals surface area contributed by atoms with E-state index in [4.69, 9.17) is 20.3 Å². The van der Waals surface area contributed by atoms with Gasteiger partial charge < -0.3 is 9.47 Å². The first kappa shape index (κ1) is 17.9. The highest BCUT2D eigenvalue weighted by molar-refractivity contribution is 7.80. The maximum atomic E-state index is 6.00. The lowest BCUT2D eigenvalue weighted by molar-refractivity contribution is 0.324. The molecule has 0 amide bonds. The molecule has 5 heteroatoms. The zero-order chi connectivity index (χ0) is 16.5. The number of ether oxygens (including phenoxy) is 2. The fraction of sp³-hybridized carbons (Fsp3) is 0.294. The highest BCUT2D eigenvalue weighted by atomic mass is 32.1. The second-order valence-corrected chi connectivity index (χ2v) is 5.03. The number of rotatable bonds is 5. The van der Waals surface area contributed by atoms with Gasteiger partial charge in [0.1, 0.15) is 11.5 Å². The predicted molar refractivity (Wildman–Crippen MR) is 89.7 cm³/mol. The molecule has 2 aromatic rings. The molecule has 0 aliphatic carbocycles. The van der Waals surface area contributed by atoms with Crippen LogP contribution in [-0.4, -0.2) is 13.2 Å². The van der Waals surface area contributed by atoms with Crippen LogP contribution in [0.3, 0.4) is 0 Å². The van der Waals surface area contributed by atoms with Crippen molar-refractivity contribution in [2.45, 2.75) is 25.7 Å². The van der Waals surface area contributed by atoms with Gasteiger partial charge in [0.2, 0.25) is 0 Å². The highest BCUT2D eigenvalue weighted by Gasteiger charge is 2.11. The van der Waals surface area contributed by atoms with Crippen LogP contribution in [0.2, 0.25) is 0 Å². The van der Waals surface area contributed by atoms with Gasteiger partial charge in [-0.1, -0.05) is 29.8 Å². The van der Waals surface area contributed by atoms with Crippen molar-refractivity contribution < 1.29 is 9.47 Å². The Labute approximate surface area is 136 Å². The summed E-state index contributed by atoms with van der Waals surface area (Å²) in [5.74, 6) is 1.62. The van der Waals surface area contributed by atoms with Crippen LogP contribution >= 0.6 is 12.6 Å². The average molecular weight is 316 g/mol. The highest BCUT2D eigenvalue weighted by Crippen LogP contribution is 2.38. The summed E-state index contributed by atoms with van der Waals surface area (Å²) in [7, 11) is 0. The number of aryl methyl sites for hydroxylation is 1. The monoisotopic (exact) mass is 316 g/mol. The SMILES string of the molecule is CCOc1cc(-c2ccc(C)cc2)c(OCC)cc1S.N#N. The quantitative estimate of drug-likeness (QED) is 0.637. The maximum Gasteiger partial charge on any atom is 0.133 e. The van der Waals surface area contributed by atoms with E-state index >= 15 is 0 Å². The Kier molecular flexibility index (Phi) is 7.27. The van der Waals surface area contributed by atoms with E-state index in [-0.39, 0.29) is 0 Å². The molecule has 0 aliphatic heterocycles. The normalized spacial score (nSPS) is 9.55. The second-order valence-electron chi connectivity index (χ2n) is 4.55. The summed E-state index contributed by atoms with van der Waals surface area (Å²) in [5.41, 5.74) is 3.39. The van der Waals surface area contributed by atoms with Crippen LogP contribution in [0.15, 0.2) is 41.3 Å². The second kappa shape index (κ2) is 8.96. The van der Waals surface area contributed by atoms with Gasteiger partial charge in [0.15, 0.2) is 0 Å². The van der Waals surface area contributed by atoms with Crippen LogP contribution in [-0.2, 0) is 0 Å². The standard InChI is InChI=1S/C17H20O2S.N2/c1-4-18-15-11-17(20)16(19-5-2)10-14(15)13-8-6-12(3)7-9-13;1-2/h6-11,20H,4-5H2,1-3H3;. The lowest BCUT2D eigenvalue weighted by Crippen LogP contribution is -1.98. The number of hydrogen-bond donors (Lipinski definition) is 1. The van der Waals surface area contributed by atoms with Crippen molar-refractivity contribution in [3.8, 4) is 22.6 Å². The molecule has 0 heterocycles. The molecule has 2 aromatic carbocycles. The molecule has 0 aliphatic rings. The van der Waals surface area contributed by atoms with Crippen molar-refractivity contribution in [1.82, 2.24) is 0 Å². The zero-order valence-electron chi connectivity index (χ0n) is 13.0. The number of thiol groups is 1. The van der Waals surface area contributed by atoms with E-state index in [0.29, 0.717) is 13.2 Å². The van der Waals surface area contributed by atoms with E-state index in [1.165, 1.54) is 5.56 Å². The number of benzene rings is 2. The molecule has 0 fully saturated rings. The fourth-order valence-electron chi connectivity index (χ4n) is 2.05. The van der Waals surface area contributed by atoms with Crippen molar-refractivity contribution in [2.24, 2.45) is 0 Å². The molecule has 0 saturated carbocycles. The largest absolute Gasteiger partial charge is 0.493 e. The third-order valence-electron chi connectivity index (χ3n) is 3.02. The number of nitrogens with zero attached hydrogens (tertiary/aromatic N) is 2.